The van der Waals surface area contributed by atoms with Crippen LogP contribution in [-0.2, 0) is 16.6 Å². The number of anilines is 1. The Hall–Kier alpha value is -3.30. The zero-order chi connectivity index (χ0) is 22.9. The van der Waals surface area contributed by atoms with E-state index in [-0.39, 0.29) is 34.4 Å². The molecule has 3 aromatic carbocycles. The molecule has 0 saturated carbocycles. The lowest BCUT2D eigenvalue weighted by atomic mass is 10.2. The van der Waals surface area contributed by atoms with Gasteiger partial charge in [-0.2, -0.15) is 0 Å². The summed E-state index contributed by atoms with van der Waals surface area (Å²) >= 11 is 6.19. The van der Waals surface area contributed by atoms with Crippen molar-refractivity contribution in [3.63, 3.8) is 0 Å². The molecule has 166 valence electrons. The molecular formula is C22H19ClFN3O4S. The maximum Gasteiger partial charge on any atom is 0.266 e. The largest absolute Gasteiger partial charge is 0.497 e. The fourth-order valence-corrected chi connectivity index (χ4v) is 4.56. The molecule has 2 N–H and O–H groups in total. The minimum Gasteiger partial charge on any atom is -0.497 e. The van der Waals surface area contributed by atoms with E-state index in [2.05, 4.69) is 15.0 Å². The van der Waals surface area contributed by atoms with E-state index in [0.717, 1.165) is 0 Å². The number of fused-ring (bicyclic) bond motifs is 1. The number of hydrogen-bond donors (Lipinski definition) is 2. The van der Waals surface area contributed by atoms with Gasteiger partial charge in [0.15, 0.2) is 5.75 Å². The van der Waals surface area contributed by atoms with Gasteiger partial charge in [0.1, 0.15) is 27.9 Å². The van der Waals surface area contributed by atoms with Gasteiger partial charge in [-0.25, -0.2) is 22.5 Å². The average molecular weight is 476 g/mol. The van der Waals surface area contributed by atoms with Crippen molar-refractivity contribution < 1.29 is 22.3 Å². The second-order valence-electron chi connectivity index (χ2n) is 7.02. The first-order valence-electron chi connectivity index (χ1n) is 9.50. The molecule has 0 aromatic heterocycles. The molecule has 0 fully saturated rings. The van der Waals surface area contributed by atoms with E-state index in [9.17, 15) is 12.8 Å². The van der Waals surface area contributed by atoms with Crippen LogP contribution in [0, 0.1) is 12.7 Å². The molecule has 3 aromatic rings. The van der Waals surface area contributed by atoms with Gasteiger partial charge >= 0.3 is 0 Å². The number of aliphatic imine (C=N–C) groups is 1. The number of guanidine groups is 1. The first-order chi connectivity index (χ1) is 15.3. The summed E-state index contributed by atoms with van der Waals surface area (Å²) in [5.74, 6) is 0.560. The number of hydrogen-bond acceptors (Lipinski definition) is 5. The number of ether oxygens (including phenoxy) is 2. The van der Waals surface area contributed by atoms with Crippen LogP contribution in [-0.4, -0.2) is 21.5 Å². The molecule has 0 bridgehead atoms. The van der Waals surface area contributed by atoms with Gasteiger partial charge in [0.25, 0.3) is 10.0 Å². The fraction of sp³-hybridized carbons (Fsp3) is 0.136. The summed E-state index contributed by atoms with van der Waals surface area (Å²) in [7, 11) is -2.47. The van der Waals surface area contributed by atoms with Gasteiger partial charge in [0.05, 0.1) is 18.7 Å². The van der Waals surface area contributed by atoms with E-state index in [0.29, 0.717) is 22.1 Å². The third kappa shape index (κ3) is 4.49. The molecule has 4 rings (SSSR count). The van der Waals surface area contributed by atoms with Crippen LogP contribution in [0.2, 0.25) is 5.02 Å². The second-order valence-corrected chi connectivity index (χ2v) is 9.08. The topological polar surface area (TPSA) is 89.0 Å². The van der Waals surface area contributed by atoms with Crippen molar-refractivity contribution >= 4 is 33.3 Å². The molecule has 32 heavy (non-hydrogen) atoms. The Bertz CT molecular complexity index is 1330. The van der Waals surface area contributed by atoms with Crippen molar-refractivity contribution in [1.29, 1.82) is 0 Å². The molecule has 1 aliphatic rings. The Balaban J connectivity index is 1.71. The lowest BCUT2D eigenvalue weighted by Gasteiger charge is -2.24. The molecule has 0 unspecified atom stereocenters. The van der Waals surface area contributed by atoms with Crippen molar-refractivity contribution in [2.75, 3.05) is 12.4 Å². The lowest BCUT2D eigenvalue weighted by Crippen LogP contribution is -2.41. The van der Waals surface area contributed by atoms with Gasteiger partial charge in [-0.15, -0.1) is 0 Å². The quantitative estimate of drug-likeness (QED) is 0.550. The van der Waals surface area contributed by atoms with Crippen LogP contribution >= 0.6 is 11.6 Å². The molecule has 0 atom stereocenters. The molecule has 0 amide bonds. The smallest absolute Gasteiger partial charge is 0.266 e. The van der Waals surface area contributed by atoms with Crippen LogP contribution in [0.3, 0.4) is 0 Å². The van der Waals surface area contributed by atoms with Crippen LogP contribution in [0.25, 0.3) is 0 Å². The van der Waals surface area contributed by atoms with Crippen molar-refractivity contribution in [2.24, 2.45) is 4.99 Å². The molecule has 7 nitrogen and oxygen atoms in total. The molecule has 0 radical (unpaired) electrons. The van der Waals surface area contributed by atoms with Crippen molar-refractivity contribution in [1.82, 2.24) is 4.72 Å². The van der Waals surface area contributed by atoms with Crippen LogP contribution in [0.4, 0.5) is 10.1 Å². The fourth-order valence-electron chi connectivity index (χ4n) is 3.14. The standard InChI is InChI=1S/C22H19ClFN3O4S/c1-13-9-19(31-18-6-4-3-5-16(18)23)21-20(10-13)32(28,29)27-22(26-21)25-12-14-11-15(30-2)7-8-17(14)24/h3-11H,12H2,1-2H3,(H2,25,26,27). The number of para-hydroxylation sites is 1. The highest BCUT2D eigenvalue weighted by Crippen LogP contribution is 2.39. The van der Waals surface area contributed by atoms with Gasteiger partial charge < -0.3 is 14.8 Å². The predicted molar refractivity (Wildman–Crippen MR) is 121 cm³/mol. The molecule has 10 heteroatoms. The van der Waals surface area contributed by atoms with Gasteiger partial charge in [-0.05, 0) is 55.0 Å². The first kappa shape index (κ1) is 21.9. The summed E-state index contributed by atoms with van der Waals surface area (Å²) in [6.45, 7) is 1.64. The van der Waals surface area contributed by atoms with Gasteiger partial charge in [0, 0.05) is 5.56 Å². The molecule has 1 aliphatic heterocycles. The summed E-state index contributed by atoms with van der Waals surface area (Å²) in [6.07, 6.45) is 0. The van der Waals surface area contributed by atoms with Gasteiger partial charge in [0.2, 0.25) is 5.96 Å². The Morgan fingerprint density at radius 2 is 1.88 bits per heavy atom. The Morgan fingerprint density at radius 3 is 2.62 bits per heavy atom. The minimum absolute atomic E-state index is 0.00562. The number of nitrogens with one attached hydrogen (secondary N) is 2. The number of benzene rings is 3. The number of halogens is 2. The second kappa shape index (κ2) is 8.68. The summed E-state index contributed by atoms with van der Waals surface area (Å²) < 4.78 is 53.3. The lowest BCUT2D eigenvalue weighted by molar-refractivity contribution is 0.413. The van der Waals surface area contributed by atoms with E-state index < -0.39 is 15.8 Å². The predicted octanol–water partition coefficient (Wildman–Crippen LogP) is 4.85. The molecular weight excluding hydrogens is 457 g/mol. The number of rotatable bonds is 5. The highest BCUT2D eigenvalue weighted by Gasteiger charge is 2.30. The number of nitrogens with zero attached hydrogens (tertiary/aromatic N) is 1. The van der Waals surface area contributed by atoms with E-state index in [1.165, 1.54) is 31.4 Å². The molecule has 0 aliphatic carbocycles. The van der Waals surface area contributed by atoms with E-state index in [1.807, 2.05) is 0 Å². The first-order valence-corrected chi connectivity index (χ1v) is 11.4. The zero-order valence-corrected chi connectivity index (χ0v) is 18.7. The van der Waals surface area contributed by atoms with E-state index in [1.54, 1.807) is 37.3 Å². The minimum atomic E-state index is -3.94. The maximum atomic E-state index is 14.1. The summed E-state index contributed by atoms with van der Waals surface area (Å²) in [5, 5.41) is 3.32. The zero-order valence-electron chi connectivity index (χ0n) is 17.1. The van der Waals surface area contributed by atoms with Crippen LogP contribution in [0.15, 0.2) is 64.5 Å². The Labute approximate surface area is 189 Å². The summed E-state index contributed by atoms with van der Waals surface area (Å²) in [6, 6.07) is 14.3. The SMILES string of the molecule is COc1ccc(F)c(CN=C2Nc3c(Oc4ccccc4Cl)cc(C)cc3S(=O)(=O)N2)c1. The maximum absolute atomic E-state index is 14.1. The van der Waals surface area contributed by atoms with Crippen molar-refractivity contribution in [3.05, 3.63) is 76.6 Å². The average Bonchev–Trinajstić information content (AvgIpc) is 2.75. The monoisotopic (exact) mass is 475 g/mol. The number of methoxy groups -OCH3 is 1. The van der Waals surface area contributed by atoms with Crippen LogP contribution < -0.4 is 19.5 Å². The number of aryl methyl sites for hydroxylation is 1. The summed E-state index contributed by atoms with van der Waals surface area (Å²) in [4.78, 5) is 4.22. The Morgan fingerprint density at radius 1 is 1.09 bits per heavy atom. The molecule has 0 saturated heterocycles. The third-order valence-corrected chi connectivity index (χ3v) is 6.37. The van der Waals surface area contributed by atoms with E-state index in [4.69, 9.17) is 21.1 Å². The van der Waals surface area contributed by atoms with Crippen molar-refractivity contribution in [3.8, 4) is 17.2 Å². The van der Waals surface area contributed by atoms with Crippen molar-refractivity contribution in [2.45, 2.75) is 18.4 Å². The van der Waals surface area contributed by atoms with Crippen LogP contribution in [0.5, 0.6) is 17.2 Å². The third-order valence-electron chi connectivity index (χ3n) is 4.69. The highest BCUT2D eigenvalue weighted by atomic mass is 35.5. The van der Waals surface area contributed by atoms with Gasteiger partial charge in [-0.1, -0.05) is 23.7 Å². The van der Waals surface area contributed by atoms with Crippen LogP contribution in [0.1, 0.15) is 11.1 Å². The Kier molecular flexibility index (Phi) is 5.94. The molecule has 1 heterocycles. The van der Waals surface area contributed by atoms with E-state index >= 15 is 0 Å². The summed E-state index contributed by atoms with van der Waals surface area (Å²) in [5.41, 5.74) is 1.14. The molecule has 0 spiro atoms. The number of sulfonamides is 1. The van der Waals surface area contributed by atoms with Gasteiger partial charge in [-0.3, -0.25) is 0 Å². The highest BCUT2D eigenvalue weighted by molar-refractivity contribution is 7.90. The normalized spacial score (nSPS) is 15.4.